The van der Waals surface area contributed by atoms with Crippen molar-refractivity contribution in [2.45, 2.75) is 27.3 Å². The van der Waals surface area contributed by atoms with Crippen LogP contribution in [-0.4, -0.2) is 21.4 Å². The van der Waals surface area contributed by atoms with Gasteiger partial charge in [-0.1, -0.05) is 40.2 Å². The normalized spacial score (nSPS) is 11.5. The molecule has 0 bridgehead atoms. The molecule has 0 unspecified atom stereocenters. The van der Waals surface area contributed by atoms with Crippen LogP contribution in [0.4, 0.5) is 0 Å². The van der Waals surface area contributed by atoms with Gasteiger partial charge in [-0.3, -0.25) is 9.48 Å². The molecule has 6 heteroatoms. The van der Waals surface area contributed by atoms with E-state index in [1.165, 1.54) is 0 Å². The van der Waals surface area contributed by atoms with Crippen LogP contribution in [0.3, 0.4) is 0 Å². The number of halogens is 1. The van der Waals surface area contributed by atoms with Crippen LogP contribution in [0.15, 0.2) is 64.2 Å². The summed E-state index contributed by atoms with van der Waals surface area (Å²) in [6.07, 6.45) is 0. The SMILES string of the molecule is C/C(=N\NC(=O)c1cccc(Cn2nc(C)cc2C)c1)c1ccc(Br)cc1. The molecule has 1 heterocycles. The zero-order valence-electron chi connectivity index (χ0n) is 15.5. The lowest BCUT2D eigenvalue weighted by molar-refractivity contribution is 0.0954. The smallest absolute Gasteiger partial charge is 0.267 e. The molecular weight excluding hydrogens is 404 g/mol. The van der Waals surface area contributed by atoms with Crippen molar-refractivity contribution >= 4 is 27.5 Å². The number of aromatic nitrogens is 2. The summed E-state index contributed by atoms with van der Waals surface area (Å²) in [6, 6.07) is 17.3. The number of carbonyl (C=O) groups is 1. The van der Waals surface area contributed by atoms with Crippen molar-refractivity contribution in [1.82, 2.24) is 15.2 Å². The summed E-state index contributed by atoms with van der Waals surface area (Å²) in [7, 11) is 0. The van der Waals surface area contributed by atoms with Gasteiger partial charge in [0.25, 0.3) is 5.91 Å². The molecule has 3 rings (SSSR count). The number of rotatable bonds is 5. The first kappa shape index (κ1) is 19.0. The number of aryl methyl sites for hydroxylation is 2. The highest BCUT2D eigenvalue weighted by atomic mass is 79.9. The Hall–Kier alpha value is -2.73. The number of hydrazone groups is 1. The Balaban J connectivity index is 1.70. The molecule has 0 atom stereocenters. The molecule has 1 N–H and O–H groups in total. The van der Waals surface area contributed by atoms with Gasteiger partial charge in [0.1, 0.15) is 0 Å². The number of hydrogen-bond donors (Lipinski definition) is 1. The van der Waals surface area contributed by atoms with Crippen LogP contribution in [0, 0.1) is 13.8 Å². The summed E-state index contributed by atoms with van der Waals surface area (Å²) in [5.41, 5.74) is 8.00. The van der Waals surface area contributed by atoms with Crippen LogP contribution in [0.5, 0.6) is 0 Å². The molecule has 2 aromatic carbocycles. The quantitative estimate of drug-likeness (QED) is 0.485. The van der Waals surface area contributed by atoms with Crippen LogP contribution >= 0.6 is 15.9 Å². The topological polar surface area (TPSA) is 59.3 Å². The Morgan fingerprint density at radius 2 is 1.85 bits per heavy atom. The fourth-order valence-electron chi connectivity index (χ4n) is 2.77. The maximum Gasteiger partial charge on any atom is 0.271 e. The molecule has 0 aliphatic heterocycles. The molecule has 0 aliphatic carbocycles. The van der Waals surface area contributed by atoms with Gasteiger partial charge in [-0.25, -0.2) is 5.43 Å². The molecular formula is C21H21BrN4O. The average molecular weight is 425 g/mol. The van der Waals surface area contributed by atoms with Gasteiger partial charge in [0.05, 0.1) is 18.0 Å². The minimum absolute atomic E-state index is 0.235. The highest BCUT2D eigenvalue weighted by Crippen LogP contribution is 2.12. The van der Waals surface area contributed by atoms with Gasteiger partial charge in [0.15, 0.2) is 0 Å². The summed E-state index contributed by atoms with van der Waals surface area (Å²) in [4.78, 5) is 12.5. The second kappa shape index (κ2) is 8.31. The lowest BCUT2D eigenvalue weighted by Crippen LogP contribution is -2.19. The molecule has 5 nitrogen and oxygen atoms in total. The monoisotopic (exact) mass is 424 g/mol. The van der Waals surface area contributed by atoms with E-state index in [0.717, 1.165) is 32.7 Å². The summed E-state index contributed by atoms with van der Waals surface area (Å²) in [6.45, 7) is 6.49. The van der Waals surface area contributed by atoms with Gasteiger partial charge in [-0.05, 0) is 62.2 Å². The predicted octanol–water partition coefficient (Wildman–Crippen LogP) is 4.46. The van der Waals surface area contributed by atoms with Crippen LogP contribution in [-0.2, 0) is 6.54 Å². The second-order valence-electron chi connectivity index (χ2n) is 6.43. The molecule has 0 spiro atoms. The van der Waals surface area contributed by atoms with E-state index in [2.05, 4.69) is 31.6 Å². The average Bonchev–Trinajstić information content (AvgIpc) is 2.97. The van der Waals surface area contributed by atoms with Crippen molar-refractivity contribution in [2.24, 2.45) is 5.10 Å². The molecule has 3 aromatic rings. The highest BCUT2D eigenvalue weighted by Gasteiger charge is 2.08. The second-order valence-corrected chi connectivity index (χ2v) is 7.35. The van der Waals surface area contributed by atoms with Crippen molar-refractivity contribution in [2.75, 3.05) is 0 Å². The minimum atomic E-state index is -0.235. The largest absolute Gasteiger partial charge is 0.271 e. The molecule has 0 saturated heterocycles. The Labute approximate surface area is 167 Å². The van der Waals surface area contributed by atoms with Gasteiger partial charge in [0.2, 0.25) is 0 Å². The summed E-state index contributed by atoms with van der Waals surface area (Å²) in [5, 5.41) is 8.69. The van der Waals surface area contributed by atoms with Crippen LogP contribution in [0.25, 0.3) is 0 Å². The van der Waals surface area contributed by atoms with Gasteiger partial charge >= 0.3 is 0 Å². The van der Waals surface area contributed by atoms with E-state index in [4.69, 9.17) is 0 Å². The predicted molar refractivity (Wildman–Crippen MR) is 111 cm³/mol. The maximum atomic E-state index is 12.5. The summed E-state index contributed by atoms with van der Waals surface area (Å²) >= 11 is 3.41. The lowest BCUT2D eigenvalue weighted by atomic mass is 10.1. The number of nitrogens with one attached hydrogen (secondary N) is 1. The van der Waals surface area contributed by atoms with Crippen molar-refractivity contribution in [1.29, 1.82) is 0 Å². The number of amides is 1. The van der Waals surface area contributed by atoms with E-state index in [1.807, 2.05) is 74.0 Å². The molecule has 0 aliphatic rings. The first-order valence-electron chi connectivity index (χ1n) is 8.63. The Bertz CT molecular complexity index is 990. The highest BCUT2D eigenvalue weighted by molar-refractivity contribution is 9.10. The first-order chi connectivity index (χ1) is 12.9. The third-order valence-electron chi connectivity index (χ3n) is 4.21. The van der Waals surface area contributed by atoms with E-state index in [-0.39, 0.29) is 5.91 Å². The molecule has 0 saturated carbocycles. The third kappa shape index (κ3) is 4.92. The lowest BCUT2D eigenvalue weighted by Gasteiger charge is -2.07. The van der Waals surface area contributed by atoms with Crippen molar-refractivity contribution < 1.29 is 4.79 Å². The fourth-order valence-corrected chi connectivity index (χ4v) is 3.04. The van der Waals surface area contributed by atoms with Gasteiger partial charge in [0, 0.05) is 15.7 Å². The van der Waals surface area contributed by atoms with Crippen molar-refractivity contribution in [3.05, 3.63) is 87.1 Å². The van der Waals surface area contributed by atoms with E-state index < -0.39 is 0 Å². The summed E-state index contributed by atoms with van der Waals surface area (Å²) < 4.78 is 2.94. The molecule has 27 heavy (non-hydrogen) atoms. The van der Waals surface area contributed by atoms with Crippen LogP contribution < -0.4 is 5.43 Å². The third-order valence-corrected chi connectivity index (χ3v) is 4.74. The molecule has 138 valence electrons. The van der Waals surface area contributed by atoms with E-state index >= 15 is 0 Å². The molecule has 0 radical (unpaired) electrons. The minimum Gasteiger partial charge on any atom is -0.267 e. The Kier molecular flexibility index (Phi) is 5.86. The Morgan fingerprint density at radius 3 is 2.52 bits per heavy atom. The number of hydrogen-bond acceptors (Lipinski definition) is 3. The molecule has 0 fully saturated rings. The van der Waals surface area contributed by atoms with E-state index in [1.54, 1.807) is 6.07 Å². The van der Waals surface area contributed by atoms with Crippen LogP contribution in [0.1, 0.15) is 39.8 Å². The van der Waals surface area contributed by atoms with E-state index in [0.29, 0.717) is 12.1 Å². The number of benzene rings is 2. The standard InChI is InChI=1S/C21H21BrN4O/c1-14-11-15(2)26(25-14)13-17-5-4-6-19(12-17)21(27)24-23-16(3)18-7-9-20(22)10-8-18/h4-12H,13H2,1-3H3,(H,24,27)/b23-16+. The maximum absolute atomic E-state index is 12.5. The molecule has 1 aromatic heterocycles. The molecule has 1 amide bonds. The number of carbonyl (C=O) groups excluding carboxylic acids is 1. The number of nitrogens with zero attached hydrogens (tertiary/aromatic N) is 3. The summed E-state index contributed by atoms with van der Waals surface area (Å²) in [5.74, 6) is -0.235. The van der Waals surface area contributed by atoms with Gasteiger partial charge in [-0.15, -0.1) is 0 Å². The van der Waals surface area contributed by atoms with Gasteiger partial charge < -0.3 is 0 Å². The van der Waals surface area contributed by atoms with E-state index in [9.17, 15) is 4.79 Å². The van der Waals surface area contributed by atoms with Gasteiger partial charge in [-0.2, -0.15) is 10.2 Å². The Morgan fingerprint density at radius 1 is 1.11 bits per heavy atom. The van der Waals surface area contributed by atoms with Crippen LogP contribution in [0.2, 0.25) is 0 Å². The van der Waals surface area contributed by atoms with Crippen molar-refractivity contribution in [3.8, 4) is 0 Å². The zero-order valence-corrected chi connectivity index (χ0v) is 17.1. The van der Waals surface area contributed by atoms with Crippen molar-refractivity contribution in [3.63, 3.8) is 0 Å². The fraction of sp³-hybridized carbons (Fsp3) is 0.190. The first-order valence-corrected chi connectivity index (χ1v) is 9.42. The zero-order chi connectivity index (χ0) is 19.4.